The van der Waals surface area contributed by atoms with Gasteiger partial charge in [-0.05, 0) is 17.5 Å². The minimum atomic E-state index is -0.0348. The van der Waals surface area contributed by atoms with Crippen LogP contribution >= 0.6 is 0 Å². The van der Waals surface area contributed by atoms with Crippen molar-refractivity contribution in [3.63, 3.8) is 0 Å². The molecular weight excluding hydrogens is 164 g/mol. The van der Waals surface area contributed by atoms with Crippen molar-refractivity contribution < 1.29 is 9.47 Å². The fraction of sp³-hybridized carbons (Fsp3) is 0.455. The lowest BCUT2D eigenvalue weighted by atomic mass is 10.1. The molecule has 0 saturated carbocycles. The molecule has 0 spiro atoms. The zero-order valence-electron chi connectivity index (χ0n) is 7.82. The van der Waals surface area contributed by atoms with Gasteiger partial charge in [-0.3, -0.25) is 0 Å². The molecular formula is C11H14O2. The van der Waals surface area contributed by atoms with E-state index < -0.39 is 0 Å². The summed E-state index contributed by atoms with van der Waals surface area (Å²) in [6.07, 6.45) is 0.876. The second kappa shape index (κ2) is 3.90. The van der Waals surface area contributed by atoms with E-state index in [9.17, 15) is 0 Å². The molecule has 2 rings (SSSR count). The third-order valence-electron chi connectivity index (χ3n) is 2.30. The van der Waals surface area contributed by atoms with Crippen LogP contribution in [0.15, 0.2) is 24.3 Å². The van der Waals surface area contributed by atoms with Gasteiger partial charge in [0.15, 0.2) is 6.29 Å². The molecule has 0 N–H and O–H groups in total. The Morgan fingerprint density at radius 2 is 1.69 bits per heavy atom. The Labute approximate surface area is 78.5 Å². The van der Waals surface area contributed by atoms with Gasteiger partial charge in [0.1, 0.15) is 0 Å². The van der Waals surface area contributed by atoms with Crippen molar-refractivity contribution in [2.75, 3.05) is 0 Å². The summed E-state index contributed by atoms with van der Waals surface area (Å²) < 4.78 is 11.1. The van der Waals surface area contributed by atoms with E-state index in [1.54, 1.807) is 0 Å². The Morgan fingerprint density at radius 3 is 2.15 bits per heavy atom. The molecule has 13 heavy (non-hydrogen) atoms. The largest absolute Gasteiger partial charge is 0.348 e. The molecule has 1 aromatic carbocycles. The number of ether oxygens (including phenoxy) is 2. The molecule has 70 valence electrons. The zero-order valence-corrected chi connectivity index (χ0v) is 7.82. The minimum absolute atomic E-state index is 0.0348. The van der Waals surface area contributed by atoms with Crippen molar-refractivity contribution in [2.24, 2.45) is 0 Å². The van der Waals surface area contributed by atoms with E-state index in [-0.39, 0.29) is 6.29 Å². The Balaban J connectivity index is 2.17. The Morgan fingerprint density at radius 1 is 1.15 bits per heavy atom. The van der Waals surface area contributed by atoms with Crippen LogP contribution in [-0.4, -0.2) is 6.29 Å². The number of fused-ring (bicyclic) bond motifs is 1. The van der Waals surface area contributed by atoms with Crippen LogP contribution in [0.2, 0.25) is 0 Å². The molecule has 2 nitrogen and oxygen atoms in total. The van der Waals surface area contributed by atoms with E-state index in [0.717, 1.165) is 6.42 Å². The van der Waals surface area contributed by atoms with Gasteiger partial charge in [0.25, 0.3) is 0 Å². The second-order valence-electron chi connectivity index (χ2n) is 3.23. The maximum atomic E-state index is 5.56. The summed E-state index contributed by atoms with van der Waals surface area (Å²) >= 11 is 0. The smallest absolute Gasteiger partial charge is 0.158 e. The van der Waals surface area contributed by atoms with Crippen LogP contribution in [0.5, 0.6) is 0 Å². The predicted molar refractivity (Wildman–Crippen MR) is 50.1 cm³/mol. The van der Waals surface area contributed by atoms with Crippen molar-refractivity contribution in [3.05, 3.63) is 35.4 Å². The molecule has 0 aliphatic carbocycles. The molecule has 0 saturated heterocycles. The summed E-state index contributed by atoms with van der Waals surface area (Å²) in [6.45, 7) is 3.42. The van der Waals surface area contributed by atoms with Crippen LogP contribution in [0, 0.1) is 0 Å². The van der Waals surface area contributed by atoms with Gasteiger partial charge in [0.05, 0.1) is 13.2 Å². The van der Waals surface area contributed by atoms with Crippen molar-refractivity contribution in [2.45, 2.75) is 32.8 Å². The number of hydrogen-bond acceptors (Lipinski definition) is 2. The summed E-state index contributed by atoms with van der Waals surface area (Å²) in [5, 5.41) is 0. The van der Waals surface area contributed by atoms with E-state index in [1.165, 1.54) is 11.1 Å². The molecule has 0 aromatic heterocycles. The molecule has 0 amide bonds. The SMILES string of the molecule is CCC1OCc2ccccc2CO1. The third-order valence-corrected chi connectivity index (χ3v) is 2.30. The lowest BCUT2D eigenvalue weighted by Crippen LogP contribution is -2.12. The van der Waals surface area contributed by atoms with Gasteiger partial charge < -0.3 is 9.47 Å². The molecule has 1 heterocycles. The summed E-state index contributed by atoms with van der Waals surface area (Å²) in [7, 11) is 0. The lowest BCUT2D eigenvalue weighted by Gasteiger charge is -2.11. The topological polar surface area (TPSA) is 18.5 Å². The molecule has 1 aromatic rings. The first-order chi connectivity index (χ1) is 6.40. The number of hydrogen-bond donors (Lipinski definition) is 0. The molecule has 0 fully saturated rings. The van der Waals surface area contributed by atoms with Crippen LogP contribution in [0.25, 0.3) is 0 Å². The van der Waals surface area contributed by atoms with Gasteiger partial charge in [0.2, 0.25) is 0 Å². The molecule has 0 unspecified atom stereocenters. The average Bonchev–Trinajstić information content (AvgIpc) is 2.39. The number of benzene rings is 1. The quantitative estimate of drug-likeness (QED) is 0.657. The Hall–Kier alpha value is -0.860. The molecule has 0 bridgehead atoms. The highest BCUT2D eigenvalue weighted by Crippen LogP contribution is 2.18. The monoisotopic (exact) mass is 178 g/mol. The standard InChI is InChI=1S/C11H14O2/c1-2-11-12-7-9-5-3-4-6-10(9)8-13-11/h3-6,11H,2,7-8H2,1H3. The summed E-state index contributed by atoms with van der Waals surface area (Å²) in [5.74, 6) is 0. The van der Waals surface area contributed by atoms with Crippen molar-refractivity contribution in [3.8, 4) is 0 Å². The van der Waals surface area contributed by atoms with Crippen LogP contribution in [-0.2, 0) is 22.7 Å². The normalized spacial score (nSPS) is 17.9. The fourth-order valence-corrected chi connectivity index (χ4v) is 1.49. The third kappa shape index (κ3) is 1.90. The van der Waals surface area contributed by atoms with Gasteiger partial charge in [0, 0.05) is 0 Å². The summed E-state index contributed by atoms with van der Waals surface area (Å²) in [5.41, 5.74) is 2.50. The first kappa shape index (κ1) is 8.73. The minimum Gasteiger partial charge on any atom is -0.348 e. The Kier molecular flexibility index (Phi) is 2.62. The van der Waals surface area contributed by atoms with Crippen LogP contribution in [0.1, 0.15) is 24.5 Å². The van der Waals surface area contributed by atoms with E-state index in [2.05, 4.69) is 19.1 Å². The van der Waals surface area contributed by atoms with Crippen LogP contribution in [0.3, 0.4) is 0 Å². The van der Waals surface area contributed by atoms with Gasteiger partial charge in [-0.1, -0.05) is 31.2 Å². The molecule has 1 aliphatic heterocycles. The van der Waals surface area contributed by atoms with Crippen molar-refractivity contribution in [1.29, 1.82) is 0 Å². The average molecular weight is 178 g/mol. The first-order valence-electron chi connectivity index (χ1n) is 4.70. The van der Waals surface area contributed by atoms with E-state index in [4.69, 9.17) is 9.47 Å². The maximum absolute atomic E-state index is 5.56. The zero-order chi connectivity index (χ0) is 9.10. The van der Waals surface area contributed by atoms with Gasteiger partial charge in [-0.15, -0.1) is 0 Å². The van der Waals surface area contributed by atoms with E-state index in [1.807, 2.05) is 12.1 Å². The first-order valence-corrected chi connectivity index (χ1v) is 4.70. The van der Waals surface area contributed by atoms with Crippen molar-refractivity contribution >= 4 is 0 Å². The molecule has 0 atom stereocenters. The van der Waals surface area contributed by atoms with Crippen LogP contribution in [0.4, 0.5) is 0 Å². The number of rotatable bonds is 1. The van der Waals surface area contributed by atoms with E-state index >= 15 is 0 Å². The van der Waals surface area contributed by atoms with Crippen molar-refractivity contribution in [1.82, 2.24) is 0 Å². The van der Waals surface area contributed by atoms with E-state index in [0.29, 0.717) is 13.2 Å². The lowest BCUT2D eigenvalue weighted by molar-refractivity contribution is -0.149. The van der Waals surface area contributed by atoms with Gasteiger partial charge >= 0.3 is 0 Å². The fourth-order valence-electron chi connectivity index (χ4n) is 1.49. The van der Waals surface area contributed by atoms with Crippen LogP contribution < -0.4 is 0 Å². The van der Waals surface area contributed by atoms with Gasteiger partial charge in [-0.25, -0.2) is 0 Å². The maximum Gasteiger partial charge on any atom is 0.158 e. The predicted octanol–water partition coefficient (Wildman–Crippen LogP) is 2.47. The molecule has 2 heteroatoms. The Bertz CT molecular complexity index is 256. The highest BCUT2D eigenvalue weighted by atomic mass is 16.7. The highest BCUT2D eigenvalue weighted by molar-refractivity contribution is 5.26. The second-order valence-corrected chi connectivity index (χ2v) is 3.23. The molecule has 1 aliphatic rings. The summed E-state index contributed by atoms with van der Waals surface area (Å²) in [6, 6.07) is 8.26. The molecule has 0 radical (unpaired) electrons. The highest BCUT2D eigenvalue weighted by Gasteiger charge is 2.14. The summed E-state index contributed by atoms with van der Waals surface area (Å²) in [4.78, 5) is 0. The van der Waals surface area contributed by atoms with Gasteiger partial charge in [-0.2, -0.15) is 0 Å².